The Morgan fingerprint density at radius 2 is 1.94 bits per heavy atom. The third kappa shape index (κ3) is 1.85. The van der Waals surface area contributed by atoms with Gasteiger partial charge in [0.2, 0.25) is 0 Å². The third-order valence-corrected chi connectivity index (χ3v) is 2.91. The van der Waals surface area contributed by atoms with Gasteiger partial charge in [0.15, 0.2) is 17.5 Å². The molecule has 1 unspecified atom stereocenters. The molecule has 0 aliphatic carbocycles. The molecule has 1 atom stereocenters. The fraction of sp³-hybridized carbons (Fsp3) is 0.0769. The lowest BCUT2D eigenvalue weighted by Crippen LogP contribution is -2.03. The summed E-state index contributed by atoms with van der Waals surface area (Å²) in [5.41, 5.74) is 0.559. The van der Waals surface area contributed by atoms with Crippen LogP contribution in [0, 0.1) is 0 Å². The number of halogens is 1. The molecule has 18 heavy (non-hydrogen) atoms. The van der Waals surface area contributed by atoms with E-state index in [1.165, 1.54) is 0 Å². The fourth-order valence-corrected chi connectivity index (χ4v) is 1.98. The Bertz CT molecular complexity index is 682. The van der Waals surface area contributed by atoms with Crippen molar-refractivity contribution in [2.45, 2.75) is 6.10 Å². The van der Waals surface area contributed by atoms with Gasteiger partial charge < -0.3 is 9.52 Å². The molecule has 2 heterocycles. The van der Waals surface area contributed by atoms with Gasteiger partial charge in [-0.15, -0.1) is 0 Å². The number of hydrogen-bond donors (Lipinski definition) is 1. The SMILES string of the molecule is OC(c1ncccn1)c1cc2cccc(Cl)c2o1. The van der Waals surface area contributed by atoms with E-state index in [4.69, 9.17) is 16.0 Å². The molecule has 0 fully saturated rings. The average Bonchev–Trinajstić information content (AvgIpc) is 2.84. The number of para-hydroxylation sites is 1. The van der Waals surface area contributed by atoms with Crippen LogP contribution >= 0.6 is 11.6 Å². The lowest BCUT2D eigenvalue weighted by Gasteiger charge is -2.04. The summed E-state index contributed by atoms with van der Waals surface area (Å²) in [6.07, 6.45) is 2.15. The standard InChI is InChI=1S/C13H9ClN2O2/c14-9-4-1-3-8-7-10(18-12(8)9)11(17)13-15-5-2-6-16-13/h1-7,11,17H. The zero-order valence-electron chi connectivity index (χ0n) is 9.25. The lowest BCUT2D eigenvalue weighted by molar-refractivity contribution is 0.182. The molecule has 5 heteroatoms. The van der Waals surface area contributed by atoms with Crippen LogP contribution in [0.1, 0.15) is 17.7 Å². The van der Waals surface area contributed by atoms with E-state index in [0.29, 0.717) is 22.2 Å². The number of aliphatic hydroxyl groups is 1. The topological polar surface area (TPSA) is 59.2 Å². The average molecular weight is 261 g/mol. The van der Waals surface area contributed by atoms with Crippen LogP contribution in [0.15, 0.2) is 47.1 Å². The molecule has 0 bridgehead atoms. The van der Waals surface area contributed by atoms with Gasteiger partial charge in [-0.2, -0.15) is 0 Å². The molecule has 3 aromatic rings. The van der Waals surface area contributed by atoms with Gasteiger partial charge in [0, 0.05) is 17.8 Å². The minimum atomic E-state index is -0.991. The van der Waals surface area contributed by atoms with Gasteiger partial charge in [0.1, 0.15) is 5.76 Å². The number of benzene rings is 1. The van der Waals surface area contributed by atoms with Crippen molar-refractivity contribution < 1.29 is 9.52 Å². The summed E-state index contributed by atoms with van der Waals surface area (Å²) >= 11 is 6.01. The monoisotopic (exact) mass is 260 g/mol. The van der Waals surface area contributed by atoms with E-state index in [2.05, 4.69) is 9.97 Å². The van der Waals surface area contributed by atoms with E-state index >= 15 is 0 Å². The molecule has 0 spiro atoms. The van der Waals surface area contributed by atoms with Crippen molar-refractivity contribution in [2.75, 3.05) is 0 Å². The van der Waals surface area contributed by atoms with Crippen LogP contribution in [-0.4, -0.2) is 15.1 Å². The minimum absolute atomic E-state index is 0.299. The van der Waals surface area contributed by atoms with Crippen LogP contribution in [0.25, 0.3) is 11.0 Å². The van der Waals surface area contributed by atoms with Crippen LogP contribution in [-0.2, 0) is 0 Å². The molecule has 1 N–H and O–H groups in total. The van der Waals surface area contributed by atoms with Crippen LogP contribution in [0.3, 0.4) is 0 Å². The van der Waals surface area contributed by atoms with E-state index in [0.717, 1.165) is 5.39 Å². The van der Waals surface area contributed by atoms with Gasteiger partial charge in [0.05, 0.1) is 5.02 Å². The molecule has 0 aliphatic heterocycles. The van der Waals surface area contributed by atoms with Gasteiger partial charge in [-0.25, -0.2) is 9.97 Å². The molecule has 0 saturated carbocycles. The van der Waals surface area contributed by atoms with Crippen molar-refractivity contribution in [2.24, 2.45) is 0 Å². The molecule has 4 nitrogen and oxygen atoms in total. The molecule has 2 aromatic heterocycles. The maximum absolute atomic E-state index is 10.1. The maximum Gasteiger partial charge on any atom is 0.171 e. The van der Waals surface area contributed by atoms with Gasteiger partial charge in [0.25, 0.3) is 0 Å². The normalized spacial score (nSPS) is 12.8. The number of hydrogen-bond acceptors (Lipinski definition) is 4. The Morgan fingerprint density at radius 1 is 1.17 bits per heavy atom. The summed E-state index contributed by atoms with van der Waals surface area (Å²) in [6, 6.07) is 8.86. The maximum atomic E-state index is 10.1. The largest absolute Gasteiger partial charge is 0.456 e. The zero-order valence-corrected chi connectivity index (χ0v) is 10.0. The summed E-state index contributed by atoms with van der Waals surface area (Å²) < 4.78 is 5.55. The molecule has 90 valence electrons. The van der Waals surface area contributed by atoms with Gasteiger partial charge in [-0.1, -0.05) is 23.7 Å². The smallest absolute Gasteiger partial charge is 0.171 e. The summed E-state index contributed by atoms with van der Waals surface area (Å²) in [5.74, 6) is 0.678. The van der Waals surface area contributed by atoms with Crippen molar-refractivity contribution in [3.05, 3.63) is 59.3 Å². The summed E-state index contributed by atoms with van der Waals surface area (Å²) in [4.78, 5) is 7.99. The number of fused-ring (bicyclic) bond motifs is 1. The first-order valence-corrected chi connectivity index (χ1v) is 5.76. The zero-order chi connectivity index (χ0) is 12.5. The van der Waals surface area contributed by atoms with Gasteiger partial charge in [-0.3, -0.25) is 0 Å². The number of aromatic nitrogens is 2. The van der Waals surface area contributed by atoms with E-state index < -0.39 is 6.10 Å². The van der Waals surface area contributed by atoms with Crippen LogP contribution < -0.4 is 0 Å². The number of nitrogens with zero attached hydrogens (tertiary/aromatic N) is 2. The Balaban J connectivity index is 2.07. The van der Waals surface area contributed by atoms with Crippen molar-refractivity contribution in [1.29, 1.82) is 0 Å². The molecule has 0 amide bonds. The molecule has 0 aliphatic rings. The first kappa shape index (κ1) is 11.2. The first-order valence-electron chi connectivity index (χ1n) is 5.38. The van der Waals surface area contributed by atoms with Gasteiger partial charge in [-0.05, 0) is 18.2 Å². The lowest BCUT2D eigenvalue weighted by atomic mass is 10.2. The fourth-order valence-electron chi connectivity index (χ4n) is 1.76. The van der Waals surface area contributed by atoms with E-state index in [-0.39, 0.29) is 0 Å². The second kappa shape index (κ2) is 4.40. The highest BCUT2D eigenvalue weighted by molar-refractivity contribution is 6.34. The molecule has 3 rings (SSSR count). The predicted molar refractivity (Wildman–Crippen MR) is 67.3 cm³/mol. The second-order valence-corrected chi connectivity index (χ2v) is 4.22. The quantitative estimate of drug-likeness (QED) is 0.770. The summed E-state index contributed by atoms with van der Waals surface area (Å²) in [6.45, 7) is 0. The predicted octanol–water partition coefficient (Wildman–Crippen LogP) is 2.96. The second-order valence-electron chi connectivity index (χ2n) is 3.82. The van der Waals surface area contributed by atoms with Gasteiger partial charge >= 0.3 is 0 Å². The number of rotatable bonds is 2. The van der Waals surface area contributed by atoms with Crippen molar-refractivity contribution in [3.63, 3.8) is 0 Å². The molecule has 0 radical (unpaired) electrons. The van der Waals surface area contributed by atoms with Crippen molar-refractivity contribution >= 4 is 22.6 Å². The number of furan rings is 1. The summed E-state index contributed by atoms with van der Waals surface area (Å²) in [5, 5.41) is 11.5. The van der Waals surface area contributed by atoms with Crippen LogP contribution in [0.2, 0.25) is 5.02 Å². The van der Waals surface area contributed by atoms with Crippen LogP contribution in [0.5, 0.6) is 0 Å². The summed E-state index contributed by atoms with van der Waals surface area (Å²) in [7, 11) is 0. The first-order chi connectivity index (χ1) is 8.75. The Hall–Kier alpha value is -1.91. The minimum Gasteiger partial charge on any atom is -0.456 e. The van der Waals surface area contributed by atoms with Crippen molar-refractivity contribution in [1.82, 2.24) is 9.97 Å². The Kier molecular flexibility index (Phi) is 2.74. The highest BCUT2D eigenvalue weighted by Crippen LogP contribution is 2.30. The van der Waals surface area contributed by atoms with E-state index in [1.54, 1.807) is 30.6 Å². The Morgan fingerprint density at radius 3 is 2.67 bits per heavy atom. The highest BCUT2D eigenvalue weighted by Gasteiger charge is 2.18. The van der Waals surface area contributed by atoms with Crippen LogP contribution in [0.4, 0.5) is 0 Å². The molecular formula is C13H9ClN2O2. The molecule has 1 aromatic carbocycles. The number of aliphatic hydroxyl groups excluding tert-OH is 1. The van der Waals surface area contributed by atoms with Crippen molar-refractivity contribution in [3.8, 4) is 0 Å². The molecular weight excluding hydrogens is 252 g/mol. The van der Waals surface area contributed by atoms with E-state index in [1.807, 2.05) is 12.1 Å². The molecule has 0 saturated heterocycles. The Labute approximate surface area is 108 Å². The highest BCUT2D eigenvalue weighted by atomic mass is 35.5. The third-order valence-electron chi connectivity index (χ3n) is 2.61. The van der Waals surface area contributed by atoms with E-state index in [9.17, 15) is 5.11 Å².